The van der Waals surface area contributed by atoms with Crippen LogP contribution >= 0.6 is 11.3 Å². The van der Waals surface area contributed by atoms with Crippen molar-refractivity contribution in [2.45, 2.75) is 58.0 Å². The van der Waals surface area contributed by atoms with Crippen LogP contribution in [-0.2, 0) is 17.8 Å². The largest absolute Gasteiger partial charge is 0.350 e. The van der Waals surface area contributed by atoms with Gasteiger partial charge in [-0.1, -0.05) is 19.8 Å². The molecule has 0 aliphatic heterocycles. The van der Waals surface area contributed by atoms with Gasteiger partial charge in [-0.25, -0.2) is 4.98 Å². The van der Waals surface area contributed by atoms with Crippen LogP contribution in [0.1, 0.15) is 49.7 Å². The fourth-order valence-corrected chi connectivity index (χ4v) is 3.33. The summed E-state index contributed by atoms with van der Waals surface area (Å²) < 4.78 is 0. The average molecular weight is 281 g/mol. The molecular weight excluding hydrogens is 258 g/mol. The minimum absolute atomic E-state index is 0.105. The Bertz CT molecular complexity index is 419. The monoisotopic (exact) mass is 281 g/mol. The number of nitrogens with zero attached hydrogens (tertiary/aromatic N) is 1. The van der Waals surface area contributed by atoms with E-state index in [0.717, 1.165) is 30.0 Å². The van der Waals surface area contributed by atoms with Crippen molar-refractivity contribution < 1.29 is 4.79 Å². The highest BCUT2D eigenvalue weighted by Gasteiger charge is 2.23. The van der Waals surface area contributed by atoms with Crippen molar-refractivity contribution in [1.29, 1.82) is 0 Å². The zero-order valence-corrected chi connectivity index (χ0v) is 12.3. The lowest BCUT2D eigenvalue weighted by Crippen LogP contribution is -2.37. The molecule has 2 atom stereocenters. The number of hydrogen-bond acceptors (Lipinski definition) is 4. The fourth-order valence-electron chi connectivity index (χ4n) is 2.58. The molecule has 0 aromatic carbocycles. The molecule has 0 bridgehead atoms. The first kappa shape index (κ1) is 14.5. The topological polar surface area (TPSA) is 68.0 Å². The van der Waals surface area contributed by atoms with Gasteiger partial charge in [0.05, 0.1) is 17.2 Å². The molecule has 1 heterocycles. The first-order valence-corrected chi connectivity index (χ1v) is 8.02. The first-order chi connectivity index (χ1) is 9.19. The zero-order chi connectivity index (χ0) is 13.7. The molecule has 2 rings (SSSR count). The molecule has 0 radical (unpaired) electrons. The first-order valence-electron chi connectivity index (χ1n) is 7.14. The Morgan fingerprint density at radius 1 is 1.53 bits per heavy atom. The molecular formula is C14H23N3OS. The predicted molar refractivity (Wildman–Crippen MR) is 77.9 cm³/mol. The van der Waals surface area contributed by atoms with Crippen LogP contribution in [0.25, 0.3) is 0 Å². The third kappa shape index (κ3) is 4.28. The molecule has 0 spiro atoms. The molecule has 5 heteroatoms. The number of rotatable bonds is 5. The highest BCUT2D eigenvalue weighted by molar-refractivity contribution is 7.09. The van der Waals surface area contributed by atoms with E-state index in [-0.39, 0.29) is 11.9 Å². The molecule has 106 valence electrons. The van der Waals surface area contributed by atoms with Gasteiger partial charge in [-0.15, -0.1) is 11.3 Å². The van der Waals surface area contributed by atoms with Crippen molar-refractivity contribution in [2.24, 2.45) is 11.7 Å². The summed E-state index contributed by atoms with van der Waals surface area (Å²) in [7, 11) is 0. The van der Waals surface area contributed by atoms with Crippen LogP contribution in [0.2, 0.25) is 0 Å². The summed E-state index contributed by atoms with van der Waals surface area (Å²) in [6.45, 7) is 2.63. The number of hydrogen-bond donors (Lipinski definition) is 2. The Morgan fingerprint density at radius 2 is 2.32 bits per heavy atom. The number of nitrogens with one attached hydrogen (secondary N) is 1. The van der Waals surface area contributed by atoms with E-state index in [0.29, 0.717) is 18.9 Å². The SMILES string of the molecule is CCc1nc(CNC(=O)CC2CCCCC2N)cs1. The summed E-state index contributed by atoms with van der Waals surface area (Å²) in [5, 5.41) is 6.10. The van der Waals surface area contributed by atoms with Crippen molar-refractivity contribution in [1.82, 2.24) is 10.3 Å². The fraction of sp³-hybridized carbons (Fsp3) is 0.714. The van der Waals surface area contributed by atoms with Crippen LogP contribution < -0.4 is 11.1 Å². The second-order valence-electron chi connectivity index (χ2n) is 5.28. The second kappa shape index (κ2) is 7.01. The summed E-state index contributed by atoms with van der Waals surface area (Å²) >= 11 is 1.65. The van der Waals surface area contributed by atoms with E-state index < -0.39 is 0 Å². The molecule has 3 N–H and O–H groups in total. The van der Waals surface area contributed by atoms with Crippen LogP contribution in [0.5, 0.6) is 0 Å². The number of thiazole rings is 1. The molecule has 0 saturated heterocycles. The highest BCUT2D eigenvalue weighted by Crippen LogP contribution is 2.25. The van der Waals surface area contributed by atoms with Gasteiger partial charge < -0.3 is 11.1 Å². The lowest BCUT2D eigenvalue weighted by molar-refractivity contribution is -0.122. The molecule has 1 aromatic heterocycles. The Balaban J connectivity index is 1.74. The standard InChI is InChI=1S/C14H23N3OS/c1-2-14-17-11(9-19-14)8-16-13(18)7-10-5-3-4-6-12(10)15/h9-10,12H,2-8,15H2,1H3,(H,16,18). The van der Waals surface area contributed by atoms with Crippen molar-refractivity contribution >= 4 is 17.2 Å². The van der Waals surface area contributed by atoms with Crippen molar-refractivity contribution in [2.75, 3.05) is 0 Å². The normalized spacial score (nSPS) is 23.3. The van der Waals surface area contributed by atoms with Gasteiger partial charge in [0.25, 0.3) is 0 Å². The van der Waals surface area contributed by atoms with E-state index in [9.17, 15) is 4.79 Å². The third-order valence-electron chi connectivity index (χ3n) is 3.78. The number of aromatic nitrogens is 1. The molecule has 1 saturated carbocycles. The smallest absolute Gasteiger partial charge is 0.220 e. The number of nitrogens with two attached hydrogens (primary N) is 1. The summed E-state index contributed by atoms with van der Waals surface area (Å²) in [5.74, 6) is 0.462. The number of amides is 1. The molecule has 1 aliphatic rings. The molecule has 1 aliphatic carbocycles. The zero-order valence-electron chi connectivity index (χ0n) is 11.5. The molecule has 1 amide bonds. The van der Waals surface area contributed by atoms with Gasteiger partial charge in [-0.3, -0.25) is 4.79 Å². The molecule has 1 fully saturated rings. The Kier molecular flexibility index (Phi) is 5.34. The van der Waals surface area contributed by atoms with E-state index in [1.807, 2.05) is 5.38 Å². The maximum Gasteiger partial charge on any atom is 0.220 e. The Labute approximate surface area is 118 Å². The van der Waals surface area contributed by atoms with E-state index in [4.69, 9.17) is 5.73 Å². The predicted octanol–water partition coefficient (Wildman–Crippen LogP) is 2.23. The molecule has 1 aromatic rings. The number of carbonyl (C=O) groups is 1. The number of aryl methyl sites for hydroxylation is 1. The van der Waals surface area contributed by atoms with Crippen LogP contribution in [0.4, 0.5) is 0 Å². The third-order valence-corrected chi connectivity index (χ3v) is 4.83. The van der Waals surface area contributed by atoms with Gasteiger partial charge in [0.15, 0.2) is 0 Å². The van der Waals surface area contributed by atoms with Crippen molar-refractivity contribution in [3.05, 3.63) is 16.1 Å². The lowest BCUT2D eigenvalue weighted by Gasteiger charge is -2.27. The van der Waals surface area contributed by atoms with Gasteiger partial charge in [-0.05, 0) is 25.2 Å². The summed E-state index contributed by atoms with van der Waals surface area (Å²) in [4.78, 5) is 16.4. The van der Waals surface area contributed by atoms with Gasteiger partial charge in [0.2, 0.25) is 5.91 Å². The Hall–Kier alpha value is -0.940. The van der Waals surface area contributed by atoms with Crippen molar-refractivity contribution in [3.63, 3.8) is 0 Å². The number of carbonyl (C=O) groups excluding carboxylic acids is 1. The van der Waals surface area contributed by atoms with Gasteiger partial charge in [0.1, 0.15) is 0 Å². The molecule has 4 nitrogen and oxygen atoms in total. The van der Waals surface area contributed by atoms with Crippen LogP contribution in [-0.4, -0.2) is 16.9 Å². The average Bonchev–Trinajstić information content (AvgIpc) is 2.87. The van der Waals surface area contributed by atoms with Crippen molar-refractivity contribution in [3.8, 4) is 0 Å². The van der Waals surface area contributed by atoms with Gasteiger partial charge in [-0.2, -0.15) is 0 Å². The van der Waals surface area contributed by atoms with Gasteiger partial charge in [0, 0.05) is 17.8 Å². The maximum atomic E-state index is 11.9. The van der Waals surface area contributed by atoms with Gasteiger partial charge >= 0.3 is 0 Å². The molecule has 19 heavy (non-hydrogen) atoms. The minimum atomic E-state index is 0.105. The Morgan fingerprint density at radius 3 is 3.00 bits per heavy atom. The highest BCUT2D eigenvalue weighted by atomic mass is 32.1. The quantitative estimate of drug-likeness (QED) is 0.869. The summed E-state index contributed by atoms with van der Waals surface area (Å²) in [5.41, 5.74) is 7.03. The van der Waals surface area contributed by atoms with Crippen LogP contribution in [0.3, 0.4) is 0 Å². The maximum absolute atomic E-state index is 11.9. The van der Waals surface area contributed by atoms with E-state index in [1.165, 1.54) is 12.8 Å². The lowest BCUT2D eigenvalue weighted by atomic mass is 9.83. The van der Waals surface area contributed by atoms with Crippen LogP contribution in [0, 0.1) is 5.92 Å². The van der Waals surface area contributed by atoms with Crippen LogP contribution in [0.15, 0.2) is 5.38 Å². The van der Waals surface area contributed by atoms with E-state index in [2.05, 4.69) is 17.2 Å². The summed E-state index contributed by atoms with van der Waals surface area (Å²) in [6, 6.07) is 0.200. The van der Waals surface area contributed by atoms with E-state index in [1.54, 1.807) is 11.3 Å². The second-order valence-corrected chi connectivity index (χ2v) is 6.22. The molecule has 2 unspecified atom stereocenters. The summed E-state index contributed by atoms with van der Waals surface area (Å²) in [6.07, 6.45) is 6.08. The van der Waals surface area contributed by atoms with E-state index >= 15 is 0 Å². The minimum Gasteiger partial charge on any atom is -0.350 e.